The zero-order valence-corrected chi connectivity index (χ0v) is 18.3. The lowest BCUT2D eigenvalue weighted by atomic mass is 10.1. The van der Waals surface area contributed by atoms with E-state index in [0.29, 0.717) is 31.7 Å². The van der Waals surface area contributed by atoms with Crippen LogP contribution in [-0.2, 0) is 14.3 Å². The zero-order valence-electron chi connectivity index (χ0n) is 18.3. The Hall–Kier alpha value is -3.30. The molecule has 10 heteroatoms. The van der Waals surface area contributed by atoms with Crippen molar-refractivity contribution in [2.75, 3.05) is 39.3 Å². The van der Waals surface area contributed by atoms with E-state index in [9.17, 15) is 19.2 Å². The summed E-state index contributed by atoms with van der Waals surface area (Å²) in [5, 5.41) is 2.45. The Bertz CT molecular complexity index is 794. The Kier molecular flexibility index (Phi) is 8.23. The standard InChI is InChI=1S/C21H29N3O7/c1-5-29-20(28)30-16-8-6-15(7-9-16)18(26)24-12-10-23(11-13-24)17(25)14-22-19(27)31-21(2,3)4/h6-9H,5,10-14H2,1-4H3,(H,22,27). The van der Waals surface area contributed by atoms with Crippen molar-refractivity contribution in [1.29, 1.82) is 0 Å². The second-order valence-electron chi connectivity index (χ2n) is 7.84. The zero-order chi connectivity index (χ0) is 23.0. The van der Waals surface area contributed by atoms with E-state index < -0.39 is 17.8 Å². The van der Waals surface area contributed by atoms with Gasteiger partial charge >= 0.3 is 12.2 Å². The van der Waals surface area contributed by atoms with E-state index in [2.05, 4.69) is 5.32 Å². The van der Waals surface area contributed by atoms with E-state index in [0.717, 1.165) is 0 Å². The van der Waals surface area contributed by atoms with Gasteiger partial charge in [0.05, 0.1) is 6.61 Å². The minimum absolute atomic E-state index is 0.162. The van der Waals surface area contributed by atoms with Crippen LogP contribution in [-0.4, -0.2) is 78.8 Å². The number of benzene rings is 1. The predicted octanol–water partition coefficient (Wildman–Crippen LogP) is 2.03. The van der Waals surface area contributed by atoms with Crippen molar-refractivity contribution >= 4 is 24.1 Å². The van der Waals surface area contributed by atoms with Crippen molar-refractivity contribution in [3.05, 3.63) is 29.8 Å². The Labute approximate surface area is 181 Å². The largest absolute Gasteiger partial charge is 0.513 e. The molecule has 1 fully saturated rings. The fourth-order valence-corrected chi connectivity index (χ4v) is 2.82. The van der Waals surface area contributed by atoms with Crippen molar-refractivity contribution < 1.29 is 33.4 Å². The molecule has 10 nitrogen and oxygen atoms in total. The molecule has 1 heterocycles. The number of hydrogen-bond acceptors (Lipinski definition) is 7. The number of alkyl carbamates (subject to hydrolysis) is 1. The molecule has 0 radical (unpaired) electrons. The molecule has 1 aliphatic rings. The molecule has 0 atom stereocenters. The number of carbonyl (C=O) groups excluding carboxylic acids is 4. The van der Waals surface area contributed by atoms with E-state index in [1.165, 1.54) is 12.1 Å². The van der Waals surface area contributed by atoms with E-state index in [4.69, 9.17) is 14.2 Å². The first-order valence-corrected chi connectivity index (χ1v) is 10.1. The highest BCUT2D eigenvalue weighted by molar-refractivity contribution is 5.94. The molecular formula is C21H29N3O7. The number of nitrogens with zero attached hydrogens (tertiary/aromatic N) is 2. The van der Waals surface area contributed by atoms with Gasteiger partial charge < -0.3 is 29.3 Å². The number of rotatable bonds is 5. The summed E-state index contributed by atoms with van der Waals surface area (Å²) in [5.74, 6) is -0.136. The highest BCUT2D eigenvalue weighted by Crippen LogP contribution is 2.15. The Morgan fingerprint density at radius 2 is 1.55 bits per heavy atom. The third-order valence-corrected chi connectivity index (χ3v) is 4.27. The first-order valence-electron chi connectivity index (χ1n) is 10.1. The maximum absolute atomic E-state index is 12.7. The van der Waals surface area contributed by atoms with Crippen LogP contribution in [0.25, 0.3) is 0 Å². The summed E-state index contributed by atoms with van der Waals surface area (Å²) >= 11 is 0. The summed E-state index contributed by atoms with van der Waals surface area (Å²) < 4.78 is 14.8. The minimum atomic E-state index is -0.802. The highest BCUT2D eigenvalue weighted by atomic mass is 16.7. The van der Waals surface area contributed by atoms with Gasteiger partial charge in [-0.3, -0.25) is 9.59 Å². The van der Waals surface area contributed by atoms with Crippen molar-refractivity contribution in [2.45, 2.75) is 33.3 Å². The Morgan fingerprint density at radius 3 is 2.10 bits per heavy atom. The van der Waals surface area contributed by atoms with Gasteiger partial charge in [-0.25, -0.2) is 9.59 Å². The van der Waals surface area contributed by atoms with E-state index >= 15 is 0 Å². The third kappa shape index (κ3) is 7.80. The fraction of sp³-hybridized carbons (Fsp3) is 0.524. The maximum Gasteiger partial charge on any atom is 0.513 e. The van der Waals surface area contributed by atoms with Crippen molar-refractivity contribution in [1.82, 2.24) is 15.1 Å². The molecule has 0 bridgehead atoms. The molecule has 3 amide bonds. The summed E-state index contributed by atoms with van der Waals surface area (Å²) in [5.41, 5.74) is -0.190. The summed E-state index contributed by atoms with van der Waals surface area (Å²) in [6.45, 7) is 8.42. The second kappa shape index (κ2) is 10.6. The molecule has 31 heavy (non-hydrogen) atoms. The lowest BCUT2D eigenvalue weighted by molar-refractivity contribution is -0.131. The van der Waals surface area contributed by atoms with E-state index in [1.54, 1.807) is 49.6 Å². The van der Waals surface area contributed by atoms with Gasteiger partial charge in [-0.1, -0.05) is 0 Å². The van der Waals surface area contributed by atoms with Gasteiger partial charge in [-0.2, -0.15) is 0 Å². The molecule has 0 spiro atoms. The van der Waals surface area contributed by atoms with Gasteiger partial charge in [0, 0.05) is 31.7 Å². The highest BCUT2D eigenvalue weighted by Gasteiger charge is 2.25. The molecule has 0 unspecified atom stereocenters. The number of ether oxygens (including phenoxy) is 3. The molecule has 0 aromatic heterocycles. The molecule has 1 N–H and O–H groups in total. The molecule has 0 saturated carbocycles. The van der Waals surface area contributed by atoms with Crippen molar-refractivity contribution in [2.24, 2.45) is 0 Å². The maximum atomic E-state index is 12.7. The third-order valence-electron chi connectivity index (χ3n) is 4.27. The smallest absolute Gasteiger partial charge is 0.444 e. The Morgan fingerprint density at radius 1 is 0.968 bits per heavy atom. The lowest BCUT2D eigenvalue weighted by Gasteiger charge is -2.35. The van der Waals surface area contributed by atoms with Gasteiger partial charge in [0.25, 0.3) is 5.91 Å². The fourth-order valence-electron chi connectivity index (χ4n) is 2.82. The van der Waals surface area contributed by atoms with Crippen LogP contribution in [0.1, 0.15) is 38.1 Å². The van der Waals surface area contributed by atoms with Crippen molar-refractivity contribution in [3.63, 3.8) is 0 Å². The molecule has 0 aliphatic carbocycles. The summed E-state index contributed by atoms with van der Waals surface area (Å²) in [4.78, 5) is 51.2. The number of amides is 3. The number of piperazine rings is 1. The topological polar surface area (TPSA) is 114 Å². The van der Waals surface area contributed by atoms with Crippen molar-refractivity contribution in [3.8, 4) is 5.75 Å². The van der Waals surface area contributed by atoms with E-state index in [1.807, 2.05) is 0 Å². The van der Waals surface area contributed by atoms with Crippen LogP contribution < -0.4 is 10.1 Å². The number of carbonyl (C=O) groups is 4. The number of nitrogens with one attached hydrogen (secondary N) is 1. The monoisotopic (exact) mass is 435 g/mol. The normalized spacial score (nSPS) is 13.9. The molecule has 1 saturated heterocycles. The molecule has 1 aliphatic heterocycles. The van der Waals surface area contributed by atoms with Crippen LogP contribution >= 0.6 is 0 Å². The Balaban J connectivity index is 1.80. The van der Waals surface area contributed by atoms with Crippen LogP contribution in [0.15, 0.2) is 24.3 Å². The summed E-state index contributed by atoms with van der Waals surface area (Å²) in [6.07, 6.45) is -1.45. The molecular weight excluding hydrogens is 406 g/mol. The quantitative estimate of drug-likeness (QED) is 0.556. The minimum Gasteiger partial charge on any atom is -0.444 e. The average molecular weight is 435 g/mol. The second-order valence-corrected chi connectivity index (χ2v) is 7.84. The SMILES string of the molecule is CCOC(=O)Oc1ccc(C(=O)N2CCN(C(=O)CNC(=O)OC(C)(C)C)CC2)cc1. The van der Waals surface area contributed by atoms with Gasteiger partial charge in [0.15, 0.2) is 0 Å². The lowest BCUT2D eigenvalue weighted by Crippen LogP contribution is -2.52. The van der Waals surface area contributed by atoms with Crippen LogP contribution in [0, 0.1) is 0 Å². The van der Waals surface area contributed by atoms with Crippen LogP contribution in [0.4, 0.5) is 9.59 Å². The summed E-state index contributed by atoms with van der Waals surface area (Å²) in [6, 6.07) is 6.18. The van der Waals surface area contributed by atoms with Crippen LogP contribution in [0.5, 0.6) is 5.75 Å². The van der Waals surface area contributed by atoms with E-state index in [-0.39, 0.29) is 30.7 Å². The summed E-state index contributed by atoms with van der Waals surface area (Å²) in [7, 11) is 0. The van der Waals surface area contributed by atoms with Gasteiger partial charge in [-0.15, -0.1) is 0 Å². The van der Waals surface area contributed by atoms with Gasteiger partial charge in [0.2, 0.25) is 5.91 Å². The molecule has 2 rings (SSSR count). The molecule has 1 aromatic rings. The van der Waals surface area contributed by atoms with Crippen LogP contribution in [0.3, 0.4) is 0 Å². The molecule has 170 valence electrons. The van der Waals surface area contributed by atoms with Gasteiger partial charge in [-0.05, 0) is 52.0 Å². The first-order chi connectivity index (χ1) is 14.6. The molecule has 1 aromatic carbocycles. The van der Waals surface area contributed by atoms with Crippen LogP contribution in [0.2, 0.25) is 0 Å². The average Bonchev–Trinajstić information content (AvgIpc) is 2.71. The first kappa shape index (κ1) is 24.0. The van der Waals surface area contributed by atoms with Gasteiger partial charge in [0.1, 0.15) is 17.9 Å². The predicted molar refractivity (Wildman–Crippen MR) is 111 cm³/mol. The number of hydrogen-bond donors (Lipinski definition) is 1.